The Kier molecular flexibility index (Phi) is 3.38. The predicted molar refractivity (Wildman–Crippen MR) is 70.6 cm³/mol. The van der Waals surface area contributed by atoms with E-state index in [1.165, 1.54) is 6.33 Å². The van der Waals surface area contributed by atoms with Gasteiger partial charge in [0, 0.05) is 12.7 Å². The van der Waals surface area contributed by atoms with E-state index < -0.39 is 0 Å². The second kappa shape index (κ2) is 5.13. The van der Waals surface area contributed by atoms with Crippen LogP contribution in [0.1, 0.15) is 0 Å². The molecule has 0 atom stereocenters. The molecular formula is C12H13N5O. The van der Waals surface area contributed by atoms with E-state index in [1.807, 2.05) is 42.3 Å². The minimum absolute atomic E-state index is 0.231. The molecule has 0 spiro atoms. The van der Waals surface area contributed by atoms with Crippen molar-refractivity contribution in [1.82, 2.24) is 9.97 Å². The molecule has 0 aliphatic carbocycles. The molecule has 1 amide bonds. The highest BCUT2D eigenvalue weighted by Gasteiger charge is 2.13. The number of nitrogens with one attached hydrogen (secondary N) is 1. The summed E-state index contributed by atoms with van der Waals surface area (Å²) < 4.78 is 0. The first-order valence-electron chi connectivity index (χ1n) is 5.33. The lowest BCUT2D eigenvalue weighted by Crippen LogP contribution is -2.15. The molecule has 0 bridgehead atoms. The van der Waals surface area contributed by atoms with Gasteiger partial charge in [-0.1, -0.05) is 18.2 Å². The summed E-state index contributed by atoms with van der Waals surface area (Å²) in [6.07, 6.45) is 1.91. The molecule has 1 heterocycles. The highest BCUT2D eigenvalue weighted by Crippen LogP contribution is 2.30. The number of carbonyl (C=O) groups is 1. The van der Waals surface area contributed by atoms with E-state index >= 15 is 0 Å². The largest absolute Gasteiger partial charge is 0.382 e. The van der Waals surface area contributed by atoms with E-state index in [-0.39, 0.29) is 5.82 Å². The minimum atomic E-state index is 0.231. The molecule has 3 N–H and O–H groups in total. The average molecular weight is 243 g/mol. The van der Waals surface area contributed by atoms with Crippen LogP contribution in [0.4, 0.5) is 23.0 Å². The van der Waals surface area contributed by atoms with Crippen LogP contribution in [0.2, 0.25) is 0 Å². The van der Waals surface area contributed by atoms with Crippen molar-refractivity contribution < 1.29 is 4.79 Å². The van der Waals surface area contributed by atoms with Crippen molar-refractivity contribution in [2.45, 2.75) is 0 Å². The Hall–Kier alpha value is -2.63. The quantitative estimate of drug-likeness (QED) is 0.793. The molecule has 6 nitrogen and oxygen atoms in total. The maximum Gasteiger partial charge on any atom is 0.211 e. The van der Waals surface area contributed by atoms with Crippen LogP contribution in [-0.2, 0) is 4.79 Å². The summed E-state index contributed by atoms with van der Waals surface area (Å²) in [5.41, 5.74) is 7.06. The third-order valence-electron chi connectivity index (χ3n) is 2.52. The van der Waals surface area contributed by atoms with Crippen molar-refractivity contribution >= 4 is 29.4 Å². The maximum atomic E-state index is 10.6. The number of aromatic nitrogens is 2. The third-order valence-corrected chi connectivity index (χ3v) is 2.52. The Morgan fingerprint density at radius 2 is 2.00 bits per heavy atom. The van der Waals surface area contributed by atoms with Gasteiger partial charge < -0.3 is 16.0 Å². The molecule has 0 saturated carbocycles. The topological polar surface area (TPSA) is 84.1 Å². The summed E-state index contributed by atoms with van der Waals surface area (Å²) >= 11 is 0. The number of anilines is 4. The van der Waals surface area contributed by atoms with E-state index in [4.69, 9.17) is 5.73 Å². The highest BCUT2D eigenvalue weighted by atomic mass is 16.1. The second-order valence-corrected chi connectivity index (χ2v) is 3.61. The number of hydrogen-bond donors (Lipinski definition) is 2. The summed E-state index contributed by atoms with van der Waals surface area (Å²) in [5.74, 6) is 0.774. The number of hydrogen-bond acceptors (Lipinski definition) is 5. The van der Waals surface area contributed by atoms with Gasteiger partial charge in [-0.05, 0) is 12.1 Å². The van der Waals surface area contributed by atoms with Crippen LogP contribution in [0.3, 0.4) is 0 Å². The van der Waals surface area contributed by atoms with Crippen molar-refractivity contribution in [2.24, 2.45) is 0 Å². The standard InChI is InChI=1S/C12H13N5O/c1-17(9-5-3-2-4-6-9)12-10(16-8-18)11(13)14-7-15-12/h2-8H,1H3,(H,16,18)(H2,13,14,15). The molecule has 0 aliphatic rings. The first kappa shape index (κ1) is 11.8. The Morgan fingerprint density at radius 1 is 1.28 bits per heavy atom. The molecule has 1 aromatic heterocycles. The smallest absolute Gasteiger partial charge is 0.211 e. The highest BCUT2D eigenvalue weighted by molar-refractivity contribution is 5.87. The Balaban J connectivity index is 2.44. The van der Waals surface area contributed by atoms with Crippen LogP contribution >= 0.6 is 0 Å². The minimum Gasteiger partial charge on any atom is -0.382 e. The van der Waals surface area contributed by atoms with E-state index in [0.717, 1.165) is 5.69 Å². The summed E-state index contributed by atoms with van der Waals surface area (Å²) in [4.78, 5) is 20.4. The van der Waals surface area contributed by atoms with Crippen molar-refractivity contribution in [3.63, 3.8) is 0 Å². The van der Waals surface area contributed by atoms with Crippen LogP contribution in [0.25, 0.3) is 0 Å². The number of benzene rings is 1. The molecular weight excluding hydrogens is 230 g/mol. The molecule has 18 heavy (non-hydrogen) atoms. The van der Waals surface area contributed by atoms with E-state index in [1.54, 1.807) is 0 Å². The second-order valence-electron chi connectivity index (χ2n) is 3.61. The van der Waals surface area contributed by atoms with Gasteiger partial charge in [-0.2, -0.15) is 0 Å². The molecule has 0 aliphatic heterocycles. The Labute approximate surface area is 104 Å². The predicted octanol–water partition coefficient (Wildman–Crippen LogP) is 1.39. The average Bonchev–Trinajstić information content (AvgIpc) is 2.41. The Morgan fingerprint density at radius 3 is 2.67 bits per heavy atom. The molecule has 1 aromatic carbocycles. The molecule has 0 unspecified atom stereocenters. The van der Waals surface area contributed by atoms with Gasteiger partial charge in [0.15, 0.2) is 11.6 Å². The number of carbonyl (C=O) groups excluding carboxylic acids is 1. The van der Waals surface area contributed by atoms with Gasteiger partial charge in [-0.25, -0.2) is 9.97 Å². The number of nitrogen functional groups attached to an aromatic ring is 1. The van der Waals surface area contributed by atoms with Crippen LogP contribution < -0.4 is 16.0 Å². The summed E-state index contributed by atoms with van der Waals surface area (Å²) in [5, 5.41) is 2.52. The van der Waals surface area contributed by atoms with Gasteiger partial charge in [0.1, 0.15) is 12.0 Å². The number of rotatable bonds is 4. The van der Waals surface area contributed by atoms with E-state index in [9.17, 15) is 4.79 Å². The van der Waals surface area contributed by atoms with Gasteiger partial charge in [-0.3, -0.25) is 4.79 Å². The Bertz CT molecular complexity index is 543. The SMILES string of the molecule is CN(c1ccccc1)c1ncnc(N)c1NC=O. The fraction of sp³-hybridized carbons (Fsp3) is 0.0833. The molecule has 92 valence electrons. The number of nitrogens with two attached hydrogens (primary N) is 1. The fourth-order valence-electron chi connectivity index (χ4n) is 1.62. The fourth-order valence-corrected chi connectivity index (χ4v) is 1.62. The molecule has 2 rings (SSSR count). The van der Waals surface area contributed by atoms with Crippen molar-refractivity contribution in [1.29, 1.82) is 0 Å². The van der Waals surface area contributed by atoms with Gasteiger partial charge in [0.05, 0.1) is 0 Å². The number of amides is 1. The third kappa shape index (κ3) is 2.22. The van der Waals surface area contributed by atoms with Crippen molar-refractivity contribution in [3.05, 3.63) is 36.7 Å². The lowest BCUT2D eigenvalue weighted by Gasteiger charge is -2.21. The van der Waals surface area contributed by atoms with Gasteiger partial charge >= 0.3 is 0 Å². The van der Waals surface area contributed by atoms with Gasteiger partial charge in [-0.15, -0.1) is 0 Å². The number of nitrogens with zero attached hydrogens (tertiary/aromatic N) is 3. The first-order chi connectivity index (χ1) is 8.74. The molecule has 0 radical (unpaired) electrons. The zero-order valence-corrected chi connectivity index (χ0v) is 9.87. The van der Waals surface area contributed by atoms with Crippen molar-refractivity contribution in [2.75, 3.05) is 23.0 Å². The van der Waals surface area contributed by atoms with Crippen LogP contribution in [0, 0.1) is 0 Å². The molecule has 6 heteroatoms. The molecule has 2 aromatic rings. The monoisotopic (exact) mass is 243 g/mol. The zero-order valence-electron chi connectivity index (χ0n) is 9.87. The molecule has 0 fully saturated rings. The van der Waals surface area contributed by atoms with E-state index in [2.05, 4.69) is 15.3 Å². The van der Waals surface area contributed by atoms with Crippen molar-refractivity contribution in [3.8, 4) is 0 Å². The lowest BCUT2D eigenvalue weighted by atomic mass is 10.3. The lowest BCUT2D eigenvalue weighted by molar-refractivity contribution is -0.105. The summed E-state index contributed by atoms with van der Waals surface area (Å²) in [7, 11) is 1.84. The first-order valence-corrected chi connectivity index (χ1v) is 5.33. The molecule has 0 saturated heterocycles. The van der Waals surface area contributed by atoms with Crippen LogP contribution in [-0.4, -0.2) is 23.4 Å². The maximum absolute atomic E-state index is 10.6. The zero-order chi connectivity index (χ0) is 13.0. The van der Waals surface area contributed by atoms with Crippen LogP contribution in [0.15, 0.2) is 36.7 Å². The summed E-state index contributed by atoms with van der Waals surface area (Å²) in [6, 6.07) is 9.63. The normalized spacial score (nSPS) is 9.83. The summed E-state index contributed by atoms with van der Waals surface area (Å²) in [6.45, 7) is 0. The number of para-hydroxylation sites is 1. The van der Waals surface area contributed by atoms with Crippen LogP contribution in [0.5, 0.6) is 0 Å². The van der Waals surface area contributed by atoms with E-state index in [0.29, 0.717) is 17.9 Å². The van der Waals surface area contributed by atoms with Gasteiger partial charge in [0.25, 0.3) is 0 Å². The van der Waals surface area contributed by atoms with Gasteiger partial charge in [0.2, 0.25) is 6.41 Å².